The van der Waals surface area contributed by atoms with E-state index in [0.717, 1.165) is 0 Å². The second-order valence-electron chi connectivity index (χ2n) is 4.89. The molecule has 1 amide bonds. The van der Waals surface area contributed by atoms with E-state index in [-0.39, 0.29) is 11.9 Å². The summed E-state index contributed by atoms with van der Waals surface area (Å²) in [4.78, 5) is 11.8. The van der Waals surface area contributed by atoms with Crippen molar-refractivity contribution in [2.45, 2.75) is 52.4 Å². The van der Waals surface area contributed by atoms with Crippen LogP contribution < -0.4 is 10.1 Å². The number of aliphatic hydroxyl groups is 1. The van der Waals surface area contributed by atoms with Crippen LogP contribution in [0.5, 0.6) is 5.75 Å². The summed E-state index contributed by atoms with van der Waals surface area (Å²) in [7, 11) is 0. The van der Waals surface area contributed by atoms with Gasteiger partial charge in [-0.3, -0.25) is 4.79 Å². The molecule has 1 aromatic rings. The molecule has 0 spiro atoms. The summed E-state index contributed by atoms with van der Waals surface area (Å²) in [6.45, 7) is 7.40. The molecule has 2 N–H and O–H groups in total. The average molecular weight is 265 g/mol. The molecule has 0 aliphatic carbocycles. The highest BCUT2D eigenvalue weighted by atomic mass is 16.5. The highest BCUT2D eigenvalue weighted by molar-refractivity contribution is 5.80. The number of hydrogen-bond acceptors (Lipinski definition) is 3. The Morgan fingerprint density at radius 1 is 1.32 bits per heavy atom. The third-order valence-corrected chi connectivity index (χ3v) is 2.77. The Morgan fingerprint density at radius 2 is 1.95 bits per heavy atom. The molecular weight excluding hydrogens is 242 g/mol. The van der Waals surface area contributed by atoms with Gasteiger partial charge < -0.3 is 15.2 Å². The second-order valence-corrected chi connectivity index (χ2v) is 4.89. The fourth-order valence-corrected chi connectivity index (χ4v) is 1.73. The lowest BCUT2D eigenvalue weighted by molar-refractivity contribution is -0.127. The van der Waals surface area contributed by atoms with Gasteiger partial charge in [0.1, 0.15) is 5.75 Å². The smallest absolute Gasteiger partial charge is 0.260 e. The van der Waals surface area contributed by atoms with Crippen molar-refractivity contribution in [3.05, 3.63) is 29.8 Å². The fraction of sp³-hybridized carbons (Fsp3) is 0.533. The molecule has 0 heterocycles. The maximum absolute atomic E-state index is 11.8. The summed E-state index contributed by atoms with van der Waals surface area (Å²) in [5.74, 6) is 0.402. The highest BCUT2D eigenvalue weighted by Crippen LogP contribution is 2.27. The molecule has 4 heteroatoms. The molecule has 19 heavy (non-hydrogen) atoms. The zero-order valence-corrected chi connectivity index (χ0v) is 12.0. The molecule has 4 nitrogen and oxygen atoms in total. The molecule has 0 bridgehead atoms. The fourth-order valence-electron chi connectivity index (χ4n) is 1.73. The quantitative estimate of drug-likeness (QED) is 0.830. The van der Waals surface area contributed by atoms with Gasteiger partial charge in [-0.1, -0.05) is 25.1 Å². The lowest BCUT2D eigenvalue weighted by atomic mass is 10.1. The molecule has 0 aromatic heterocycles. The third-order valence-electron chi connectivity index (χ3n) is 2.77. The number of ether oxygens (including phenoxy) is 1. The van der Waals surface area contributed by atoms with E-state index in [1.165, 1.54) is 0 Å². The number of hydrogen-bond donors (Lipinski definition) is 2. The molecule has 0 aliphatic heterocycles. The number of carbonyl (C=O) groups excluding carboxylic acids is 1. The summed E-state index contributed by atoms with van der Waals surface area (Å²) in [5.41, 5.74) is 0.717. The van der Waals surface area contributed by atoms with E-state index in [0.29, 0.717) is 17.7 Å². The lowest BCUT2D eigenvalue weighted by Gasteiger charge is -2.20. The van der Waals surface area contributed by atoms with Gasteiger partial charge in [-0.15, -0.1) is 0 Å². The van der Waals surface area contributed by atoms with E-state index >= 15 is 0 Å². The van der Waals surface area contributed by atoms with Gasteiger partial charge in [0.15, 0.2) is 6.10 Å². The molecule has 1 rings (SSSR count). The van der Waals surface area contributed by atoms with Crippen LogP contribution in [0.1, 0.15) is 45.8 Å². The Labute approximate surface area is 114 Å². The first-order chi connectivity index (χ1) is 8.95. The number of para-hydroxylation sites is 1. The number of rotatable bonds is 6. The van der Waals surface area contributed by atoms with Crippen LogP contribution in [0.2, 0.25) is 0 Å². The van der Waals surface area contributed by atoms with Crippen molar-refractivity contribution in [2.24, 2.45) is 0 Å². The van der Waals surface area contributed by atoms with Crippen LogP contribution in [0.25, 0.3) is 0 Å². The average Bonchev–Trinajstić information content (AvgIpc) is 2.37. The molecular formula is C15H23NO3. The van der Waals surface area contributed by atoms with Gasteiger partial charge in [-0.25, -0.2) is 0 Å². The molecule has 0 aliphatic rings. The monoisotopic (exact) mass is 265 g/mol. The van der Waals surface area contributed by atoms with Gasteiger partial charge in [0, 0.05) is 11.6 Å². The molecule has 0 fully saturated rings. The van der Waals surface area contributed by atoms with E-state index in [2.05, 4.69) is 5.32 Å². The predicted molar refractivity (Wildman–Crippen MR) is 75.1 cm³/mol. The van der Waals surface area contributed by atoms with E-state index in [1.807, 2.05) is 39.0 Å². The second kappa shape index (κ2) is 7.14. The number of amides is 1. The van der Waals surface area contributed by atoms with Crippen molar-refractivity contribution in [1.29, 1.82) is 0 Å². The lowest BCUT2D eigenvalue weighted by Crippen LogP contribution is -2.40. The van der Waals surface area contributed by atoms with Crippen molar-refractivity contribution in [1.82, 2.24) is 5.32 Å². The third kappa shape index (κ3) is 4.56. The summed E-state index contributed by atoms with van der Waals surface area (Å²) in [5, 5.41) is 12.7. The van der Waals surface area contributed by atoms with Crippen molar-refractivity contribution in [3.63, 3.8) is 0 Å². The molecule has 2 atom stereocenters. The number of carbonyl (C=O) groups is 1. The zero-order chi connectivity index (χ0) is 14.4. The van der Waals surface area contributed by atoms with Crippen LogP contribution >= 0.6 is 0 Å². The number of nitrogens with one attached hydrogen (secondary N) is 1. The molecule has 106 valence electrons. The predicted octanol–water partition coefficient (Wildman–Crippen LogP) is 2.42. The highest BCUT2D eigenvalue weighted by Gasteiger charge is 2.18. The summed E-state index contributed by atoms with van der Waals surface area (Å²) >= 11 is 0. The summed E-state index contributed by atoms with van der Waals surface area (Å²) in [6, 6.07) is 7.34. The Morgan fingerprint density at radius 3 is 2.53 bits per heavy atom. The first kappa shape index (κ1) is 15.5. The topological polar surface area (TPSA) is 58.6 Å². The Kier molecular flexibility index (Phi) is 5.83. The molecule has 1 unspecified atom stereocenters. The van der Waals surface area contributed by atoms with Crippen LogP contribution in [0.15, 0.2) is 24.3 Å². The molecule has 0 saturated carbocycles. The van der Waals surface area contributed by atoms with Crippen molar-refractivity contribution in [2.75, 3.05) is 0 Å². The Balaban J connectivity index is 2.79. The van der Waals surface area contributed by atoms with E-state index in [9.17, 15) is 9.90 Å². The maximum Gasteiger partial charge on any atom is 0.260 e. The summed E-state index contributed by atoms with van der Waals surface area (Å²) in [6.07, 6.45) is -0.559. The van der Waals surface area contributed by atoms with Gasteiger partial charge in [0.25, 0.3) is 5.91 Å². The standard InChI is InChI=1S/C15H23NO3/c1-5-13(17)12-8-6-7-9-14(12)19-11(4)15(18)16-10(2)3/h6-11,13,17H,5H2,1-4H3,(H,16,18)/t11?,13-/m1/s1. The SMILES string of the molecule is CC[C@@H](O)c1ccccc1OC(C)C(=O)NC(C)C. The largest absolute Gasteiger partial charge is 0.481 e. The molecule has 0 radical (unpaired) electrons. The van der Waals surface area contributed by atoms with Gasteiger partial charge >= 0.3 is 0 Å². The minimum absolute atomic E-state index is 0.0787. The van der Waals surface area contributed by atoms with Gasteiger partial charge in [-0.2, -0.15) is 0 Å². The minimum atomic E-state index is -0.590. The first-order valence-electron chi connectivity index (χ1n) is 6.69. The number of benzene rings is 1. The zero-order valence-electron chi connectivity index (χ0n) is 12.0. The molecule has 1 aromatic carbocycles. The van der Waals surface area contributed by atoms with Gasteiger partial charge in [-0.05, 0) is 33.3 Å². The van der Waals surface area contributed by atoms with Crippen LogP contribution in [0.4, 0.5) is 0 Å². The maximum atomic E-state index is 11.8. The van der Waals surface area contributed by atoms with E-state index in [1.54, 1.807) is 13.0 Å². The van der Waals surface area contributed by atoms with Crippen LogP contribution in [-0.4, -0.2) is 23.2 Å². The normalized spacial score (nSPS) is 14.0. The minimum Gasteiger partial charge on any atom is -0.481 e. The van der Waals surface area contributed by atoms with E-state index < -0.39 is 12.2 Å². The van der Waals surface area contributed by atoms with Gasteiger partial charge in [0.05, 0.1) is 6.10 Å². The Hall–Kier alpha value is -1.55. The Bertz CT molecular complexity index is 418. The van der Waals surface area contributed by atoms with Crippen molar-refractivity contribution >= 4 is 5.91 Å². The van der Waals surface area contributed by atoms with Crippen LogP contribution in [-0.2, 0) is 4.79 Å². The van der Waals surface area contributed by atoms with Crippen molar-refractivity contribution < 1.29 is 14.6 Å². The van der Waals surface area contributed by atoms with Crippen LogP contribution in [0.3, 0.4) is 0 Å². The summed E-state index contributed by atoms with van der Waals surface area (Å²) < 4.78 is 5.66. The van der Waals surface area contributed by atoms with Crippen molar-refractivity contribution in [3.8, 4) is 5.75 Å². The number of aliphatic hydroxyl groups excluding tert-OH is 1. The van der Waals surface area contributed by atoms with Gasteiger partial charge in [0.2, 0.25) is 0 Å². The first-order valence-corrected chi connectivity index (χ1v) is 6.69. The molecule has 0 saturated heterocycles. The van der Waals surface area contributed by atoms with E-state index in [4.69, 9.17) is 4.74 Å². The van der Waals surface area contributed by atoms with Crippen LogP contribution in [0, 0.1) is 0 Å².